The second-order valence-corrected chi connectivity index (χ2v) is 8.41. The van der Waals surface area contributed by atoms with Crippen molar-refractivity contribution in [2.75, 3.05) is 13.1 Å². The molecule has 2 aliphatic heterocycles. The number of piperidine rings is 1. The fourth-order valence-corrected chi connectivity index (χ4v) is 4.95. The third-order valence-corrected chi connectivity index (χ3v) is 6.50. The van der Waals surface area contributed by atoms with Gasteiger partial charge >= 0.3 is 0 Å². The Morgan fingerprint density at radius 1 is 1.11 bits per heavy atom. The summed E-state index contributed by atoms with van der Waals surface area (Å²) in [5.41, 5.74) is 0.786. The fraction of sp³-hybridized carbons (Fsp3) is 0.667. The lowest BCUT2D eigenvalue weighted by molar-refractivity contribution is -0.123. The van der Waals surface area contributed by atoms with Gasteiger partial charge in [0.1, 0.15) is 0 Å². The maximum Gasteiger partial charge on any atom is 0.237 e. The summed E-state index contributed by atoms with van der Waals surface area (Å²) in [5, 5.41) is 6.78. The molecule has 1 aromatic carbocycles. The maximum absolute atomic E-state index is 13.4. The molecule has 4 nitrogen and oxygen atoms in total. The summed E-state index contributed by atoms with van der Waals surface area (Å²) in [7, 11) is 0. The lowest BCUT2D eigenvalue weighted by Crippen LogP contribution is -2.50. The highest BCUT2D eigenvalue weighted by Gasteiger charge is 2.38. The third-order valence-electron chi connectivity index (χ3n) is 6.50. The second kappa shape index (κ2) is 8.23. The highest BCUT2D eigenvalue weighted by molar-refractivity contribution is 5.82. The van der Waals surface area contributed by atoms with E-state index in [2.05, 4.69) is 15.5 Å². The Morgan fingerprint density at radius 3 is 2.63 bits per heavy atom. The van der Waals surface area contributed by atoms with E-state index in [0.29, 0.717) is 18.5 Å². The average Bonchev–Trinajstić information content (AvgIpc) is 3.11. The molecule has 3 atom stereocenters. The number of nitrogens with one attached hydrogen (secondary N) is 2. The van der Waals surface area contributed by atoms with Gasteiger partial charge in [0.15, 0.2) is 11.6 Å². The van der Waals surface area contributed by atoms with E-state index in [0.717, 1.165) is 37.9 Å². The van der Waals surface area contributed by atoms with Crippen LogP contribution in [0.25, 0.3) is 0 Å². The van der Waals surface area contributed by atoms with E-state index >= 15 is 0 Å². The lowest BCUT2D eigenvalue weighted by atomic mass is 9.85. The van der Waals surface area contributed by atoms with Crippen molar-refractivity contribution in [1.82, 2.24) is 15.5 Å². The van der Waals surface area contributed by atoms with Gasteiger partial charge < -0.3 is 10.6 Å². The number of nitrogens with zero attached hydrogens (tertiary/aromatic N) is 1. The SMILES string of the molecule is O=C(NC1CCN(Cc2ccc(F)c(F)c2)CC1)C1CC2CCCCC2N1. The molecule has 0 aromatic heterocycles. The van der Waals surface area contributed by atoms with Crippen molar-refractivity contribution in [3.05, 3.63) is 35.4 Å². The van der Waals surface area contributed by atoms with Crippen LogP contribution < -0.4 is 10.6 Å². The van der Waals surface area contributed by atoms with Crippen LogP contribution in [-0.4, -0.2) is 42.0 Å². The molecule has 1 amide bonds. The number of halogens is 2. The van der Waals surface area contributed by atoms with Gasteiger partial charge in [0.25, 0.3) is 0 Å². The van der Waals surface area contributed by atoms with Gasteiger partial charge in [-0.1, -0.05) is 18.9 Å². The number of amides is 1. The average molecular weight is 377 g/mol. The monoisotopic (exact) mass is 377 g/mol. The van der Waals surface area contributed by atoms with Crippen LogP contribution in [0.15, 0.2) is 18.2 Å². The smallest absolute Gasteiger partial charge is 0.237 e. The summed E-state index contributed by atoms with van der Waals surface area (Å²) in [6.07, 6.45) is 7.81. The Morgan fingerprint density at radius 2 is 1.89 bits per heavy atom. The minimum Gasteiger partial charge on any atom is -0.352 e. The van der Waals surface area contributed by atoms with E-state index in [1.807, 2.05) is 0 Å². The van der Waals surface area contributed by atoms with E-state index in [4.69, 9.17) is 0 Å². The van der Waals surface area contributed by atoms with E-state index < -0.39 is 11.6 Å². The number of benzene rings is 1. The molecular formula is C21H29F2N3O. The first kappa shape index (κ1) is 18.8. The van der Waals surface area contributed by atoms with Crippen LogP contribution in [0.1, 0.15) is 50.5 Å². The van der Waals surface area contributed by atoms with Crippen molar-refractivity contribution in [1.29, 1.82) is 0 Å². The van der Waals surface area contributed by atoms with Gasteiger partial charge in [-0.15, -0.1) is 0 Å². The van der Waals surface area contributed by atoms with Crippen LogP contribution in [0.2, 0.25) is 0 Å². The normalized spacial score (nSPS) is 29.5. The van der Waals surface area contributed by atoms with Gasteiger partial charge in [0.05, 0.1) is 6.04 Å². The lowest BCUT2D eigenvalue weighted by Gasteiger charge is -2.33. The molecule has 2 saturated heterocycles. The Hall–Kier alpha value is -1.53. The van der Waals surface area contributed by atoms with E-state index in [1.165, 1.54) is 37.8 Å². The number of hydrogen-bond acceptors (Lipinski definition) is 3. The Bertz CT molecular complexity index is 661. The van der Waals surface area contributed by atoms with Crippen molar-refractivity contribution < 1.29 is 13.6 Å². The van der Waals surface area contributed by atoms with Crippen molar-refractivity contribution in [2.45, 2.75) is 69.6 Å². The van der Waals surface area contributed by atoms with Crippen LogP contribution in [-0.2, 0) is 11.3 Å². The van der Waals surface area contributed by atoms with E-state index in [9.17, 15) is 13.6 Å². The van der Waals surface area contributed by atoms with E-state index in [1.54, 1.807) is 6.07 Å². The summed E-state index contributed by atoms with van der Waals surface area (Å²) in [6, 6.07) is 4.81. The number of carbonyl (C=O) groups excluding carboxylic acids is 1. The molecule has 6 heteroatoms. The van der Waals surface area contributed by atoms with Gasteiger partial charge in [-0.05, 0) is 55.7 Å². The minimum absolute atomic E-state index is 0.0293. The standard InChI is InChI=1S/C21H29F2N3O/c22-17-6-5-14(11-18(17)23)13-26-9-7-16(8-10-26)24-21(27)20-12-15-3-1-2-4-19(15)25-20/h5-6,11,15-16,19-20,25H,1-4,7-10,12-13H2,(H,24,27). The van der Waals surface area contributed by atoms with Gasteiger partial charge in [-0.2, -0.15) is 0 Å². The molecular weight excluding hydrogens is 348 g/mol. The van der Waals surface area contributed by atoms with Crippen molar-refractivity contribution >= 4 is 5.91 Å². The summed E-state index contributed by atoms with van der Waals surface area (Å²) in [5.74, 6) is -0.768. The predicted octanol–water partition coefficient (Wildman–Crippen LogP) is 2.97. The Kier molecular flexibility index (Phi) is 5.74. The molecule has 0 spiro atoms. The number of carbonyl (C=O) groups is 1. The van der Waals surface area contributed by atoms with Crippen molar-refractivity contribution in [2.24, 2.45) is 5.92 Å². The van der Waals surface area contributed by atoms with Gasteiger partial charge in [-0.3, -0.25) is 9.69 Å². The molecule has 1 aromatic rings. The molecule has 1 saturated carbocycles. The molecule has 27 heavy (non-hydrogen) atoms. The molecule has 2 N–H and O–H groups in total. The first-order valence-corrected chi connectivity index (χ1v) is 10.3. The fourth-order valence-electron chi connectivity index (χ4n) is 4.95. The summed E-state index contributed by atoms with van der Waals surface area (Å²) < 4.78 is 26.4. The summed E-state index contributed by atoms with van der Waals surface area (Å²) in [6.45, 7) is 2.33. The molecule has 4 rings (SSSR count). The highest BCUT2D eigenvalue weighted by Crippen LogP contribution is 2.33. The molecule has 1 aliphatic carbocycles. The maximum atomic E-state index is 13.4. The van der Waals surface area contributed by atoms with Crippen LogP contribution >= 0.6 is 0 Å². The number of rotatable bonds is 4. The summed E-state index contributed by atoms with van der Waals surface area (Å²) >= 11 is 0. The van der Waals surface area contributed by atoms with E-state index in [-0.39, 0.29) is 18.0 Å². The molecule has 3 aliphatic rings. The van der Waals surface area contributed by atoms with Crippen LogP contribution in [0, 0.1) is 17.6 Å². The molecule has 3 unspecified atom stereocenters. The van der Waals surface area contributed by atoms with Crippen LogP contribution in [0.3, 0.4) is 0 Å². The molecule has 0 radical (unpaired) electrons. The first-order chi connectivity index (χ1) is 13.1. The molecule has 3 fully saturated rings. The number of likely N-dealkylation sites (tertiary alicyclic amines) is 1. The Balaban J connectivity index is 1.22. The highest BCUT2D eigenvalue weighted by atomic mass is 19.2. The van der Waals surface area contributed by atoms with Crippen molar-refractivity contribution in [3.8, 4) is 0 Å². The number of fused-ring (bicyclic) bond motifs is 1. The quantitative estimate of drug-likeness (QED) is 0.848. The Labute approximate surface area is 159 Å². The van der Waals surface area contributed by atoms with Gasteiger partial charge in [-0.25, -0.2) is 8.78 Å². The zero-order chi connectivity index (χ0) is 18.8. The van der Waals surface area contributed by atoms with Gasteiger partial charge in [0.2, 0.25) is 5.91 Å². The second-order valence-electron chi connectivity index (χ2n) is 8.41. The topological polar surface area (TPSA) is 44.4 Å². The number of hydrogen-bond donors (Lipinski definition) is 2. The third kappa shape index (κ3) is 4.49. The molecule has 0 bridgehead atoms. The van der Waals surface area contributed by atoms with Gasteiger partial charge in [0, 0.05) is 31.7 Å². The van der Waals surface area contributed by atoms with Crippen LogP contribution in [0.4, 0.5) is 8.78 Å². The zero-order valence-electron chi connectivity index (χ0n) is 15.7. The van der Waals surface area contributed by atoms with Crippen molar-refractivity contribution in [3.63, 3.8) is 0 Å². The molecule has 2 heterocycles. The first-order valence-electron chi connectivity index (χ1n) is 10.3. The molecule has 148 valence electrons. The minimum atomic E-state index is -0.805. The predicted molar refractivity (Wildman–Crippen MR) is 100 cm³/mol. The summed E-state index contributed by atoms with van der Waals surface area (Å²) in [4.78, 5) is 14.9. The van der Waals surface area contributed by atoms with Crippen LogP contribution in [0.5, 0.6) is 0 Å². The largest absolute Gasteiger partial charge is 0.352 e. The zero-order valence-corrected chi connectivity index (χ0v) is 15.7.